The first-order valence-electron chi connectivity index (χ1n) is 5.69. The number of nitrogens with two attached hydrogens (primary N) is 1. The monoisotopic (exact) mass is 242 g/mol. The van der Waals surface area contributed by atoms with Crippen molar-refractivity contribution >= 4 is 11.6 Å². The van der Waals surface area contributed by atoms with Crippen molar-refractivity contribution in [3.8, 4) is 0 Å². The van der Waals surface area contributed by atoms with Crippen molar-refractivity contribution in [3.63, 3.8) is 0 Å². The van der Waals surface area contributed by atoms with Crippen LogP contribution in [-0.4, -0.2) is 11.2 Å². The largest absolute Gasteiger partial charge is 0.322 e. The molecule has 1 heterocycles. The van der Waals surface area contributed by atoms with Crippen LogP contribution < -0.4 is 5.73 Å². The molecule has 2 rings (SSSR count). The van der Waals surface area contributed by atoms with Gasteiger partial charge in [0, 0.05) is 6.04 Å². The van der Waals surface area contributed by atoms with Gasteiger partial charge >= 0.3 is 0 Å². The quantitative estimate of drug-likeness (QED) is 0.809. The van der Waals surface area contributed by atoms with Crippen LogP contribution in [0.25, 0.3) is 0 Å². The molecular weight excluding hydrogens is 227 g/mol. The minimum absolute atomic E-state index is 0.119. The zero-order chi connectivity index (χ0) is 11.5. The summed E-state index contributed by atoms with van der Waals surface area (Å²) in [6, 6.07) is 5.35. The second-order valence-corrected chi connectivity index (χ2v) is 4.81. The fourth-order valence-corrected chi connectivity index (χ4v) is 2.46. The number of alkyl halides is 1. The number of halogens is 2. The molecule has 0 aliphatic heterocycles. The molecule has 0 radical (unpaired) electrons. The lowest BCUT2D eigenvalue weighted by molar-refractivity contribution is 0.189. The van der Waals surface area contributed by atoms with Gasteiger partial charge in [-0.3, -0.25) is 0 Å². The Morgan fingerprint density at radius 3 is 2.62 bits per heavy atom. The highest BCUT2D eigenvalue weighted by molar-refractivity contribution is 6.29. The van der Waals surface area contributed by atoms with Crippen molar-refractivity contribution < 1.29 is 4.39 Å². The van der Waals surface area contributed by atoms with Crippen LogP contribution >= 0.6 is 11.6 Å². The Kier molecular flexibility index (Phi) is 3.77. The second-order valence-electron chi connectivity index (χ2n) is 4.42. The van der Waals surface area contributed by atoms with Gasteiger partial charge < -0.3 is 5.73 Å². The van der Waals surface area contributed by atoms with Crippen LogP contribution in [-0.2, 0) is 0 Å². The van der Waals surface area contributed by atoms with Gasteiger partial charge in [-0.2, -0.15) is 0 Å². The molecule has 0 spiro atoms. The van der Waals surface area contributed by atoms with Gasteiger partial charge in [0.2, 0.25) is 0 Å². The first kappa shape index (κ1) is 11.8. The summed E-state index contributed by atoms with van der Waals surface area (Å²) in [5, 5.41) is 0.465. The Morgan fingerprint density at radius 2 is 2.00 bits per heavy atom. The SMILES string of the molecule is NC(c1cccc(Cl)n1)C1CCC(F)CC1. The summed E-state index contributed by atoms with van der Waals surface area (Å²) in [5.74, 6) is 0.331. The summed E-state index contributed by atoms with van der Waals surface area (Å²) in [4.78, 5) is 4.21. The Morgan fingerprint density at radius 1 is 1.31 bits per heavy atom. The van der Waals surface area contributed by atoms with Crippen LogP contribution in [0.4, 0.5) is 4.39 Å². The first-order chi connectivity index (χ1) is 7.66. The molecule has 1 aromatic heterocycles. The van der Waals surface area contributed by atoms with E-state index in [9.17, 15) is 4.39 Å². The van der Waals surface area contributed by atoms with Gasteiger partial charge in [0.15, 0.2) is 0 Å². The zero-order valence-corrected chi connectivity index (χ0v) is 9.83. The maximum absolute atomic E-state index is 13.0. The van der Waals surface area contributed by atoms with Gasteiger partial charge in [0.1, 0.15) is 11.3 Å². The maximum Gasteiger partial charge on any atom is 0.129 e. The molecule has 4 heteroatoms. The Bertz CT molecular complexity index is 351. The van der Waals surface area contributed by atoms with E-state index in [-0.39, 0.29) is 6.04 Å². The maximum atomic E-state index is 13.0. The number of hydrogen-bond acceptors (Lipinski definition) is 2. The van der Waals surface area contributed by atoms with Crippen molar-refractivity contribution in [1.82, 2.24) is 4.98 Å². The average molecular weight is 243 g/mol. The molecule has 2 N–H and O–H groups in total. The standard InChI is InChI=1S/C12H16ClFN2/c13-11-3-1-2-10(16-11)12(15)8-4-6-9(14)7-5-8/h1-3,8-9,12H,4-7,15H2. The minimum atomic E-state index is -0.643. The molecule has 88 valence electrons. The van der Waals surface area contributed by atoms with Crippen molar-refractivity contribution in [2.75, 3.05) is 0 Å². The van der Waals surface area contributed by atoms with Crippen LogP contribution in [0, 0.1) is 5.92 Å². The van der Waals surface area contributed by atoms with Crippen LogP contribution in [0.5, 0.6) is 0 Å². The highest BCUT2D eigenvalue weighted by atomic mass is 35.5. The number of aromatic nitrogens is 1. The third-order valence-electron chi connectivity index (χ3n) is 3.29. The molecule has 16 heavy (non-hydrogen) atoms. The molecule has 1 aliphatic carbocycles. The predicted octanol–water partition coefficient (Wildman–Crippen LogP) is 3.26. The minimum Gasteiger partial charge on any atom is -0.322 e. The average Bonchev–Trinajstić information content (AvgIpc) is 2.29. The fourth-order valence-electron chi connectivity index (χ4n) is 2.29. The van der Waals surface area contributed by atoms with E-state index >= 15 is 0 Å². The van der Waals surface area contributed by atoms with E-state index in [2.05, 4.69) is 4.98 Å². The van der Waals surface area contributed by atoms with E-state index in [4.69, 9.17) is 17.3 Å². The molecule has 0 amide bonds. The van der Waals surface area contributed by atoms with Crippen molar-refractivity contribution in [2.45, 2.75) is 37.9 Å². The first-order valence-corrected chi connectivity index (χ1v) is 6.06. The van der Waals surface area contributed by atoms with Crippen molar-refractivity contribution in [3.05, 3.63) is 29.0 Å². The molecule has 0 aromatic carbocycles. The van der Waals surface area contributed by atoms with Crippen LogP contribution in [0.3, 0.4) is 0 Å². The normalized spacial score (nSPS) is 27.7. The summed E-state index contributed by atoms with van der Waals surface area (Å²) < 4.78 is 13.0. The highest BCUT2D eigenvalue weighted by Crippen LogP contribution is 2.33. The van der Waals surface area contributed by atoms with E-state index in [0.717, 1.165) is 18.5 Å². The Hall–Kier alpha value is -0.670. The Labute approximate surface area is 100 Å². The summed E-state index contributed by atoms with van der Waals surface area (Å²) in [7, 11) is 0. The van der Waals surface area contributed by atoms with E-state index < -0.39 is 6.17 Å². The zero-order valence-electron chi connectivity index (χ0n) is 9.07. The van der Waals surface area contributed by atoms with E-state index in [0.29, 0.717) is 23.9 Å². The Balaban J connectivity index is 2.04. The third kappa shape index (κ3) is 2.71. The van der Waals surface area contributed by atoms with E-state index in [1.165, 1.54) is 0 Å². The lowest BCUT2D eigenvalue weighted by Crippen LogP contribution is -2.27. The summed E-state index contributed by atoms with van der Waals surface area (Å²) in [6.45, 7) is 0. The molecule has 0 saturated heterocycles. The topological polar surface area (TPSA) is 38.9 Å². The highest BCUT2D eigenvalue weighted by Gasteiger charge is 2.26. The predicted molar refractivity (Wildman–Crippen MR) is 63.0 cm³/mol. The van der Waals surface area contributed by atoms with Crippen LogP contribution in [0.1, 0.15) is 37.4 Å². The fraction of sp³-hybridized carbons (Fsp3) is 0.583. The third-order valence-corrected chi connectivity index (χ3v) is 3.50. The molecule has 1 unspecified atom stereocenters. The molecule has 1 aromatic rings. The van der Waals surface area contributed by atoms with Crippen molar-refractivity contribution in [1.29, 1.82) is 0 Å². The lowest BCUT2D eigenvalue weighted by Gasteiger charge is -2.28. The molecule has 2 nitrogen and oxygen atoms in total. The van der Waals surface area contributed by atoms with Gasteiger partial charge in [-0.1, -0.05) is 17.7 Å². The molecule has 0 bridgehead atoms. The summed E-state index contributed by atoms with van der Waals surface area (Å²) in [5.41, 5.74) is 6.96. The number of hydrogen-bond donors (Lipinski definition) is 1. The van der Waals surface area contributed by atoms with E-state index in [1.807, 2.05) is 12.1 Å². The number of rotatable bonds is 2. The van der Waals surface area contributed by atoms with Gasteiger partial charge in [-0.15, -0.1) is 0 Å². The molecule has 1 fully saturated rings. The van der Waals surface area contributed by atoms with Crippen LogP contribution in [0.15, 0.2) is 18.2 Å². The van der Waals surface area contributed by atoms with E-state index in [1.54, 1.807) is 6.07 Å². The molecule has 1 atom stereocenters. The van der Waals surface area contributed by atoms with Gasteiger partial charge in [-0.25, -0.2) is 9.37 Å². The van der Waals surface area contributed by atoms with Crippen molar-refractivity contribution in [2.24, 2.45) is 11.7 Å². The van der Waals surface area contributed by atoms with Gasteiger partial charge in [0.05, 0.1) is 5.69 Å². The van der Waals surface area contributed by atoms with Gasteiger partial charge in [0.25, 0.3) is 0 Å². The number of nitrogens with zero attached hydrogens (tertiary/aromatic N) is 1. The molecule has 1 saturated carbocycles. The summed E-state index contributed by atoms with van der Waals surface area (Å²) >= 11 is 5.82. The lowest BCUT2D eigenvalue weighted by atomic mass is 9.82. The summed E-state index contributed by atoms with van der Waals surface area (Å²) in [6.07, 6.45) is 2.29. The van der Waals surface area contributed by atoms with Gasteiger partial charge in [-0.05, 0) is 43.7 Å². The number of pyridine rings is 1. The second kappa shape index (κ2) is 5.11. The molecular formula is C12H16ClFN2. The smallest absolute Gasteiger partial charge is 0.129 e. The molecule has 1 aliphatic rings. The van der Waals surface area contributed by atoms with Crippen LogP contribution in [0.2, 0.25) is 5.15 Å².